The van der Waals surface area contributed by atoms with Crippen LogP contribution in [-0.2, 0) is 4.74 Å². The monoisotopic (exact) mass is 247 g/mol. The molecule has 0 aromatic heterocycles. The van der Waals surface area contributed by atoms with Crippen LogP contribution in [-0.4, -0.2) is 28.4 Å². The first kappa shape index (κ1) is 11.5. The lowest BCUT2D eigenvalue weighted by Gasteiger charge is -2.38. The van der Waals surface area contributed by atoms with Gasteiger partial charge in [0, 0.05) is 0 Å². The maximum atomic E-state index is 12.6. The van der Waals surface area contributed by atoms with Crippen LogP contribution in [0.25, 0.3) is 0 Å². The van der Waals surface area contributed by atoms with Crippen molar-refractivity contribution in [3.8, 4) is 5.75 Å². The Morgan fingerprint density at radius 3 is 2.56 bits per heavy atom. The van der Waals surface area contributed by atoms with Gasteiger partial charge in [0.05, 0.1) is 5.56 Å². The number of benzene rings is 1. The highest BCUT2D eigenvalue weighted by Gasteiger charge is 2.58. The molecule has 0 bridgehead atoms. The van der Waals surface area contributed by atoms with Crippen molar-refractivity contribution in [2.24, 2.45) is 0 Å². The maximum Gasteiger partial charge on any atom is 0.262 e. The van der Waals surface area contributed by atoms with Gasteiger partial charge in [-0.2, -0.15) is 0 Å². The highest BCUT2D eigenvalue weighted by molar-refractivity contribution is 5.98. The summed E-state index contributed by atoms with van der Waals surface area (Å²) >= 11 is 0. The molecule has 4 heteroatoms. The Balaban J connectivity index is 2.14. The van der Waals surface area contributed by atoms with Gasteiger partial charge in [-0.3, -0.25) is 9.69 Å². The Labute approximate surface area is 106 Å². The number of hydrogen-bond donors (Lipinski definition) is 0. The summed E-state index contributed by atoms with van der Waals surface area (Å²) < 4.78 is 11.9. The molecule has 0 spiro atoms. The highest BCUT2D eigenvalue weighted by Crippen LogP contribution is 2.44. The number of nitrogens with zero attached hydrogens (tertiary/aromatic N) is 1. The molecule has 2 heterocycles. The zero-order chi connectivity index (χ0) is 13.1. The second kappa shape index (κ2) is 3.26. The van der Waals surface area contributed by atoms with Crippen LogP contribution in [0.4, 0.5) is 0 Å². The van der Waals surface area contributed by atoms with E-state index in [1.54, 1.807) is 11.0 Å². The topological polar surface area (TPSA) is 38.8 Å². The molecule has 0 radical (unpaired) electrons. The van der Waals surface area contributed by atoms with Gasteiger partial charge in [-0.25, -0.2) is 0 Å². The first-order valence-electron chi connectivity index (χ1n) is 6.12. The number of carbonyl (C=O) groups is 1. The summed E-state index contributed by atoms with van der Waals surface area (Å²) in [5.74, 6) is 0.607. The van der Waals surface area contributed by atoms with E-state index in [1.807, 2.05) is 45.9 Å². The second-order valence-electron chi connectivity index (χ2n) is 5.79. The molecule has 2 aliphatic heterocycles. The van der Waals surface area contributed by atoms with Crippen molar-refractivity contribution in [2.45, 2.75) is 45.2 Å². The SMILES string of the molecule is CC1(C)OC(C)(C)N2C(=O)c3ccccc3OC21. The molecule has 1 amide bonds. The Morgan fingerprint density at radius 1 is 1.17 bits per heavy atom. The van der Waals surface area contributed by atoms with E-state index >= 15 is 0 Å². The van der Waals surface area contributed by atoms with Gasteiger partial charge in [-0.05, 0) is 39.8 Å². The molecule has 96 valence electrons. The van der Waals surface area contributed by atoms with Gasteiger partial charge in [-0.1, -0.05) is 12.1 Å². The minimum atomic E-state index is -0.654. The smallest absolute Gasteiger partial charge is 0.262 e. The summed E-state index contributed by atoms with van der Waals surface area (Å²) in [6.45, 7) is 7.68. The lowest BCUT2D eigenvalue weighted by atomic mass is 10.0. The van der Waals surface area contributed by atoms with Gasteiger partial charge >= 0.3 is 0 Å². The highest BCUT2D eigenvalue weighted by atomic mass is 16.6. The minimum Gasteiger partial charge on any atom is -0.466 e. The summed E-state index contributed by atoms with van der Waals surface area (Å²) in [4.78, 5) is 14.3. The first-order chi connectivity index (χ1) is 8.33. The van der Waals surface area contributed by atoms with E-state index in [1.165, 1.54) is 0 Å². The molecule has 1 atom stereocenters. The fraction of sp³-hybridized carbons (Fsp3) is 0.500. The third-order valence-electron chi connectivity index (χ3n) is 3.50. The van der Waals surface area contributed by atoms with E-state index in [0.29, 0.717) is 11.3 Å². The van der Waals surface area contributed by atoms with Crippen LogP contribution in [0.15, 0.2) is 24.3 Å². The molecule has 0 aliphatic carbocycles. The van der Waals surface area contributed by atoms with Crippen LogP contribution >= 0.6 is 0 Å². The van der Waals surface area contributed by atoms with Gasteiger partial charge in [0.15, 0.2) is 0 Å². The van der Waals surface area contributed by atoms with E-state index in [0.717, 1.165) is 0 Å². The molecular formula is C14H17NO3. The molecule has 4 nitrogen and oxygen atoms in total. The van der Waals surface area contributed by atoms with E-state index < -0.39 is 11.3 Å². The number of carbonyl (C=O) groups excluding carboxylic acids is 1. The Bertz CT molecular complexity index is 522. The average molecular weight is 247 g/mol. The Kier molecular flexibility index (Phi) is 2.09. The van der Waals surface area contributed by atoms with Gasteiger partial charge in [0.1, 0.15) is 17.1 Å². The predicted octanol–water partition coefficient (Wildman–Crippen LogP) is 2.39. The van der Waals surface area contributed by atoms with E-state index in [2.05, 4.69) is 0 Å². The van der Waals surface area contributed by atoms with Crippen molar-refractivity contribution in [3.05, 3.63) is 29.8 Å². The van der Waals surface area contributed by atoms with Crippen molar-refractivity contribution in [1.82, 2.24) is 4.90 Å². The number of para-hydroxylation sites is 1. The molecule has 1 aromatic carbocycles. The van der Waals surface area contributed by atoms with Crippen molar-refractivity contribution < 1.29 is 14.3 Å². The quantitative estimate of drug-likeness (QED) is 0.706. The Hall–Kier alpha value is -1.55. The van der Waals surface area contributed by atoms with Crippen molar-refractivity contribution in [2.75, 3.05) is 0 Å². The number of ether oxygens (including phenoxy) is 2. The standard InChI is InChI=1S/C14H17NO3/c1-13(2)12-15(14(3,4)18-13)11(16)9-7-5-6-8-10(9)17-12/h5-8,12H,1-4H3. The molecular weight excluding hydrogens is 230 g/mol. The van der Waals surface area contributed by atoms with Crippen LogP contribution in [0, 0.1) is 0 Å². The van der Waals surface area contributed by atoms with Crippen molar-refractivity contribution in [1.29, 1.82) is 0 Å². The zero-order valence-corrected chi connectivity index (χ0v) is 11.1. The molecule has 0 N–H and O–H groups in total. The minimum absolute atomic E-state index is 0.0302. The lowest BCUT2D eigenvalue weighted by Crippen LogP contribution is -2.54. The van der Waals surface area contributed by atoms with E-state index in [4.69, 9.17) is 9.47 Å². The largest absolute Gasteiger partial charge is 0.466 e. The molecule has 2 aliphatic rings. The van der Waals surface area contributed by atoms with Gasteiger partial charge < -0.3 is 9.47 Å². The van der Waals surface area contributed by atoms with Crippen molar-refractivity contribution in [3.63, 3.8) is 0 Å². The fourth-order valence-electron chi connectivity index (χ4n) is 2.88. The molecule has 1 saturated heterocycles. The van der Waals surface area contributed by atoms with Crippen LogP contribution in [0.1, 0.15) is 38.1 Å². The number of hydrogen-bond acceptors (Lipinski definition) is 3. The summed E-state index contributed by atoms with van der Waals surface area (Å²) in [6.07, 6.45) is -0.380. The van der Waals surface area contributed by atoms with Gasteiger partial charge in [0.25, 0.3) is 5.91 Å². The van der Waals surface area contributed by atoms with Crippen LogP contribution < -0.4 is 4.74 Å². The fourth-order valence-corrected chi connectivity index (χ4v) is 2.88. The van der Waals surface area contributed by atoms with Gasteiger partial charge in [0.2, 0.25) is 6.23 Å². The Morgan fingerprint density at radius 2 is 1.83 bits per heavy atom. The maximum absolute atomic E-state index is 12.6. The van der Waals surface area contributed by atoms with Crippen LogP contribution in [0.5, 0.6) is 5.75 Å². The summed E-state index contributed by atoms with van der Waals surface area (Å²) in [6, 6.07) is 7.33. The van der Waals surface area contributed by atoms with E-state index in [-0.39, 0.29) is 12.1 Å². The van der Waals surface area contributed by atoms with Gasteiger partial charge in [-0.15, -0.1) is 0 Å². The van der Waals surface area contributed by atoms with Crippen molar-refractivity contribution >= 4 is 5.91 Å². The summed E-state index contributed by atoms with van der Waals surface area (Å²) in [5.41, 5.74) is -0.575. The normalized spacial score (nSPS) is 27.4. The first-order valence-corrected chi connectivity index (χ1v) is 6.12. The third kappa shape index (κ3) is 1.38. The molecule has 3 rings (SSSR count). The summed E-state index contributed by atoms with van der Waals surface area (Å²) in [7, 11) is 0. The van der Waals surface area contributed by atoms with Crippen LogP contribution in [0.3, 0.4) is 0 Å². The molecule has 18 heavy (non-hydrogen) atoms. The average Bonchev–Trinajstić information content (AvgIpc) is 2.45. The number of fused-ring (bicyclic) bond motifs is 2. The molecule has 1 unspecified atom stereocenters. The number of amides is 1. The lowest BCUT2D eigenvalue weighted by molar-refractivity contribution is -0.0966. The zero-order valence-electron chi connectivity index (χ0n) is 11.1. The molecule has 1 fully saturated rings. The van der Waals surface area contributed by atoms with E-state index in [9.17, 15) is 4.79 Å². The molecule has 1 aromatic rings. The predicted molar refractivity (Wildman–Crippen MR) is 66.3 cm³/mol. The second-order valence-corrected chi connectivity index (χ2v) is 5.79. The third-order valence-corrected chi connectivity index (χ3v) is 3.50. The summed E-state index contributed by atoms with van der Waals surface area (Å²) in [5, 5.41) is 0. The van der Waals surface area contributed by atoms with Crippen LogP contribution in [0.2, 0.25) is 0 Å². The molecule has 0 saturated carbocycles. The number of rotatable bonds is 0.